The van der Waals surface area contributed by atoms with Gasteiger partial charge >= 0.3 is 6.09 Å². The predicted octanol–water partition coefficient (Wildman–Crippen LogP) is 4.69. The molecule has 3 fully saturated rings. The summed E-state index contributed by atoms with van der Waals surface area (Å²) in [6.07, 6.45) is 5.26. The lowest BCUT2D eigenvalue weighted by atomic mass is 9.97. The van der Waals surface area contributed by atoms with Gasteiger partial charge in [0.1, 0.15) is 11.9 Å². The summed E-state index contributed by atoms with van der Waals surface area (Å²) in [6.45, 7) is 0. The number of halogens is 2. The third-order valence-electron chi connectivity index (χ3n) is 5.69. The lowest BCUT2D eigenvalue weighted by Crippen LogP contribution is -2.23. The maximum atomic E-state index is 13.3. The van der Waals surface area contributed by atoms with E-state index < -0.39 is 18.1 Å². The minimum Gasteiger partial charge on any atom is -0.446 e. The lowest BCUT2D eigenvalue weighted by molar-refractivity contribution is -0.00501. The number of hydrogen-bond acceptors (Lipinski definition) is 3. The van der Waals surface area contributed by atoms with E-state index in [0.717, 1.165) is 36.9 Å². The fourth-order valence-electron chi connectivity index (χ4n) is 4.27. The molecule has 25 heavy (non-hydrogen) atoms. The van der Waals surface area contributed by atoms with Crippen LogP contribution in [0, 0.1) is 0 Å². The number of carbonyl (C=O) groups excluding carboxylic acids is 1. The Labute approximate surface area is 146 Å². The molecule has 0 bridgehead atoms. The first-order valence-electron chi connectivity index (χ1n) is 9.35. The Morgan fingerprint density at radius 1 is 1.20 bits per heavy atom. The highest BCUT2D eigenvalue weighted by Gasteiger charge is 2.42. The van der Waals surface area contributed by atoms with Gasteiger partial charge in [0.25, 0.3) is 5.92 Å². The number of nitrogens with one attached hydrogen (secondary N) is 1. The van der Waals surface area contributed by atoms with Gasteiger partial charge in [-0.3, -0.25) is 10.00 Å². The van der Waals surface area contributed by atoms with Crippen LogP contribution in [0.4, 0.5) is 19.4 Å². The standard InChI is InChI=1S/C18H25F2N3O2/c1-23-16(21-17(24)25-13-8-9-18(19,20)10-13)14(11-6-7-11)15(22-23)12-4-2-3-5-12/h11-13H,2-10H2,1H3,(H,21,24). The number of hydrogen-bond donors (Lipinski definition) is 1. The fraction of sp³-hybridized carbons (Fsp3) is 0.778. The Balaban J connectivity index is 1.49. The molecule has 1 amide bonds. The number of ether oxygens (including phenoxy) is 1. The maximum Gasteiger partial charge on any atom is 0.413 e. The summed E-state index contributed by atoms with van der Waals surface area (Å²) in [5.74, 6) is -1.11. The van der Waals surface area contributed by atoms with E-state index >= 15 is 0 Å². The second kappa shape index (κ2) is 6.25. The van der Waals surface area contributed by atoms with Gasteiger partial charge in [0, 0.05) is 31.4 Å². The van der Waals surface area contributed by atoms with E-state index in [2.05, 4.69) is 10.4 Å². The number of aromatic nitrogens is 2. The third-order valence-corrected chi connectivity index (χ3v) is 5.69. The van der Waals surface area contributed by atoms with Crippen molar-refractivity contribution in [1.82, 2.24) is 9.78 Å². The van der Waals surface area contributed by atoms with Crippen LogP contribution < -0.4 is 5.32 Å². The average Bonchev–Trinajstić information content (AvgIpc) is 2.97. The Kier molecular flexibility index (Phi) is 4.20. The number of amides is 1. The third kappa shape index (κ3) is 3.51. The van der Waals surface area contributed by atoms with E-state index in [4.69, 9.17) is 4.74 Å². The van der Waals surface area contributed by atoms with E-state index in [9.17, 15) is 13.6 Å². The molecule has 1 unspecified atom stereocenters. The molecule has 3 aliphatic carbocycles. The second-order valence-corrected chi connectivity index (χ2v) is 7.78. The Morgan fingerprint density at radius 2 is 1.92 bits per heavy atom. The highest BCUT2D eigenvalue weighted by Crippen LogP contribution is 2.49. The summed E-state index contributed by atoms with van der Waals surface area (Å²) in [5, 5.41) is 7.48. The molecule has 0 aliphatic heterocycles. The van der Waals surface area contributed by atoms with Crippen LogP contribution in [0.1, 0.15) is 80.9 Å². The van der Waals surface area contributed by atoms with E-state index in [1.807, 2.05) is 7.05 Å². The second-order valence-electron chi connectivity index (χ2n) is 7.78. The largest absolute Gasteiger partial charge is 0.446 e. The van der Waals surface area contributed by atoms with Crippen LogP contribution in [-0.2, 0) is 11.8 Å². The molecule has 1 atom stereocenters. The van der Waals surface area contributed by atoms with Crippen LogP contribution in [-0.4, -0.2) is 27.9 Å². The average molecular weight is 353 g/mol. The van der Waals surface area contributed by atoms with Gasteiger partial charge in [-0.25, -0.2) is 13.6 Å². The number of alkyl halides is 2. The van der Waals surface area contributed by atoms with Crippen LogP contribution in [0.15, 0.2) is 0 Å². The van der Waals surface area contributed by atoms with Gasteiger partial charge in [0.15, 0.2) is 0 Å². The first-order valence-corrected chi connectivity index (χ1v) is 9.35. The molecule has 3 aliphatic rings. The molecule has 3 saturated carbocycles. The fourth-order valence-corrected chi connectivity index (χ4v) is 4.27. The highest BCUT2D eigenvalue weighted by molar-refractivity contribution is 5.85. The highest BCUT2D eigenvalue weighted by atomic mass is 19.3. The monoisotopic (exact) mass is 353 g/mol. The van der Waals surface area contributed by atoms with Crippen molar-refractivity contribution < 1.29 is 18.3 Å². The summed E-state index contributed by atoms with van der Waals surface area (Å²) < 4.78 is 33.5. The van der Waals surface area contributed by atoms with Gasteiger partial charge < -0.3 is 4.74 Å². The molecule has 7 heteroatoms. The van der Waals surface area contributed by atoms with Crippen molar-refractivity contribution in [3.8, 4) is 0 Å². The number of carbonyl (C=O) groups is 1. The van der Waals surface area contributed by atoms with Crippen molar-refractivity contribution in [3.63, 3.8) is 0 Å². The Morgan fingerprint density at radius 3 is 2.52 bits per heavy atom. The minimum absolute atomic E-state index is 0.212. The number of anilines is 1. The molecule has 0 radical (unpaired) electrons. The number of nitrogens with zero attached hydrogens (tertiary/aromatic N) is 2. The van der Waals surface area contributed by atoms with E-state index in [1.54, 1.807) is 4.68 Å². The van der Waals surface area contributed by atoms with Gasteiger partial charge in [0.05, 0.1) is 5.69 Å². The predicted molar refractivity (Wildman–Crippen MR) is 89.1 cm³/mol. The lowest BCUT2D eigenvalue weighted by Gasteiger charge is -2.14. The molecular formula is C18H25F2N3O2. The quantitative estimate of drug-likeness (QED) is 0.854. The molecule has 0 saturated heterocycles. The van der Waals surface area contributed by atoms with Crippen LogP contribution >= 0.6 is 0 Å². The van der Waals surface area contributed by atoms with E-state index in [0.29, 0.717) is 17.7 Å². The molecule has 1 heterocycles. The molecular weight excluding hydrogens is 328 g/mol. The maximum absolute atomic E-state index is 13.3. The molecule has 138 valence electrons. The van der Waals surface area contributed by atoms with Gasteiger partial charge in [0.2, 0.25) is 0 Å². The van der Waals surface area contributed by atoms with Crippen LogP contribution in [0.25, 0.3) is 0 Å². The van der Waals surface area contributed by atoms with Gasteiger partial charge in [-0.2, -0.15) is 5.10 Å². The smallest absolute Gasteiger partial charge is 0.413 e. The molecule has 1 aromatic rings. The van der Waals surface area contributed by atoms with Crippen molar-refractivity contribution in [2.45, 2.75) is 81.6 Å². The SMILES string of the molecule is Cn1nc(C2CCCC2)c(C2CC2)c1NC(=O)OC1CCC(F)(F)C1. The van der Waals surface area contributed by atoms with E-state index in [-0.39, 0.29) is 19.3 Å². The van der Waals surface area contributed by atoms with Crippen molar-refractivity contribution in [2.24, 2.45) is 7.05 Å². The summed E-state index contributed by atoms with van der Waals surface area (Å²) in [4.78, 5) is 12.2. The molecule has 1 N–H and O–H groups in total. The molecule has 5 nitrogen and oxygen atoms in total. The first-order chi connectivity index (χ1) is 11.9. The summed E-state index contributed by atoms with van der Waals surface area (Å²) in [7, 11) is 1.82. The molecule has 1 aromatic heterocycles. The molecule has 4 rings (SSSR count). The van der Waals surface area contributed by atoms with Crippen molar-refractivity contribution in [2.75, 3.05) is 5.32 Å². The zero-order chi connectivity index (χ0) is 17.6. The minimum atomic E-state index is -2.72. The van der Waals surface area contributed by atoms with Gasteiger partial charge in [-0.15, -0.1) is 0 Å². The van der Waals surface area contributed by atoms with Gasteiger partial charge in [-0.1, -0.05) is 12.8 Å². The van der Waals surface area contributed by atoms with Crippen molar-refractivity contribution in [3.05, 3.63) is 11.3 Å². The van der Waals surface area contributed by atoms with Crippen molar-refractivity contribution >= 4 is 11.9 Å². The Hall–Kier alpha value is -1.66. The summed E-state index contributed by atoms with van der Waals surface area (Å²) in [6, 6.07) is 0. The zero-order valence-corrected chi connectivity index (χ0v) is 14.6. The van der Waals surface area contributed by atoms with Crippen LogP contribution in [0.3, 0.4) is 0 Å². The summed E-state index contributed by atoms with van der Waals surface area (Å²) >= 11 is 0. The van der Waals surface area contributed by atoms with Crippen LogP contribution in [0.2, 0.25) is 0 Å². The topological polar surface area (TPSA) is 56.2 Å². The summed E-state index contributed by atoms with van der Waals surface area (Å²) in [5.41, 5.74) is 2.26. The first kappa shape index (κ1) is 16.8. The van der Waals surface area contributed by atoms with Gasteiger partial charge in [-0.05, 0) is 38.0 Å². The number of aryl methyl sites for hydroxylation is 1. The van der Waals surface area contributed by atoms with Crippen molar-refractivity contribution in [1.29, 1.82) is 0 Å². The van der Waals surface area contributed by atoms with E-state index in [1.165, 1.54) is 12.8 Å². The van der Waals surface area contributed by atoms with Crippen LogP contribution in [0.5, 0.6) is 0 Å². The Bertz CT molecular complexity index is 664. The number of rotatable bonds is 4. The normalized spacial score (nSPS) is 26.1. The molecule has 0 spiro atoms. The zero-order valence-electron chi connectivity index (χ0n) is 14.6. The molecule has 0 aromatic carbocycles.